The summed E-state index contributed by atoms with van der Waals surface area (Å²) in [7, 11) is 0. The number of para-hydroxylation sites is 1. The molecule has 1 aromatic heterocycles. The van der Waals surface area contributed by atoms with E-state index >= 15 is 0 Å². The number of amides is 1. The van der Waals surface area contributed by atoms with E-state index in [0.717, 1.165) is 47.4 Å². The maximum absolute atomic E-state index is 12.0. The van der Waals surface area contributed by atoms with E-state index in [0.29, 0.717) is 13.0 Å². The smallest absolute Gasteiger partial charge is 0.225 e. The van der Waals surface area contributed by atoms with E-state index in [1.54, 1.807) is 11.3 Å². The average molecular weight is 386 g/mol. The summed E-state index contributed by atoms with van der Waals surface area (Å²) in [6, 6.07) is 7.98. The van der Waals surface area contributed by atoms with Crippen LogP contribution in [0.25, 0.3) is 0 Å². The number of nitrogens with one attached hydrogen (secondary N) is 3. The van der Waals surface area contributed by atoms with Gasteiger partial charge in [-0.3, -0.25) is 9.79 Å². The van der Waals surface area contributed by atoms with Crippen LogP contribution in [0.3, 0.4) is 0 Å². The summed E-state index contributed by atoms with van der Waals surface area (Å²) in [5.74, 6) is 0.958. The minimum absolute atomic E-state index is 0.0582. The summed E-state index contributed by atoms with van der Waals surface area (Å²) in [6.45, 7) is 8.33. The molecule has 1 amide bonds. The van der Waals surface area contributed by atoms with Gasteiger partial charge < -0.3 is 16.0 Å². The van der Waals surface area contributed by atoms with Crippen LogP contribution in [0.4, 0.5) is 5.69 Å². The fraction of sp³-hybridized carbons (Fsp3) is 0.450. The van der Waals surface area contributed by atoms with Gasteiger partial charge in [-0.15, -0.1) is 11.3 Å². The normalized spacial score (nSPS) is 16.6. The van der Waals surface area contributed by atoms with E-state index in [2.05, 4.69) is 40.8 Å². The van der Waals surface area contributed by atoms with Gasteiger partial charge in [-0.1, -0.05) is 18.2 Å². The molecule has 7 heteroatoms. The molecule has 6 nitrogen and oxygen atoms in total. The van der Waals surface area contributed by atoms with Crippen molar-refractivity contribution in [2.75, 3.05) is 25.0 Å². The Labute approximate surface area is 164 Å². The molecule has 0 fully saturated rings. The third-order valence-corrected chi connectivity index (χ3v) is 5.70. The molecule has 1 atom stereocenters. The van der Waals surface area contributed by atoms with Crippen molar-refractivity contribution in [1.29, 1.82) is 0 Å². The maximum Gasteiger partial charge on any atom is 0.225 e. The Kier molecular flexibility index (Phi) is 6.45. The molecule has 0 saturated carbocycles. The lowest BCUT2D eigenvalue weighted by atomic mass is 9.91. The molecule has 0 bridgehead atoms. The number of benzene rings is 1. The molecule has 0 radical (unpaired) electrons. The van der Waals surface area contributed by atoms with Gasteiger partial charge in [-0.2, -0.15) is 0 Å². The van der Waals surface area contributed by atoms with Gasteiger partial charge in [-0.25, -0.2) is 4.98 Å². The zero-order valence-corrected chi connectivity index (χ0v) is 16.9. The quantitative estimate of drug-likeness (QED) is 0.528. The molecule has 2 aromatic rings. The number of hydrogen-bond donors (Lipinski definition) is 3. The van der Waals surface area contributed by atoms with E-state index in [-0.39, 0.29) is 11.8 Å². The Morgan fingerprint density at radius 2 is 2.15 bits per heavy atom. The zero-order valence-electron chi connectivity index (χ0n) is 16.1. The molecular formula is C20H27N5OS. The van der Waals surface area contributed by atoms with Crippen LogP contribution in [0.1, 0.15) is 40.4 Å². The molecule has 3 N–H and O–H groups in total. The number of hydrogen-bond acceptors (Lipinski definition) is 4. The van der Waals surface area contributed by atoms with E-state index in [4.69, 9.17) is 4.99 Å². The van der Waals surface area contributed by atoms with Crippen LogP contribution < -0.4 is 16.0 Å². The fourth-order valence-electron chi connectivity index (χ4n) is 3.31. The lowest BCUT2D eigenvalue weighted by molar-refractivity contribution is -0.116. The molecule has 1 aromatic carbocycles. The molecule has 0 saturated heterocycles. The lowest BCUT2D eigenvalue weighted by Crippen LogP contribution is -2.38. The second-order valence-electron chi connectivity index (χ2n) is 6.67. The zero-order chi connectivity index (χ0) is 19.2. The maximum atomic E-state index is 12.0. The first-order chi connectivity index (χ1) is 13.1. The summed E-state index contributed by atoms with van der Waals surface area (Å²) in [5, 5.41) is 10.7. The number of carbonyl (C=O) groups is 1. The molecule has 3 rings (SSSR count). The Morgan fingerprint density at radius 1 is 1.33 bits per heavy atom. The van der Waals surface area contributed by atoms with Crippen molar-refractivity contribution in [2.24, 2.45) is 4.99 Å². The van der Waals surface area contributed by atoms with Crippen molar-refractivity contribution in [3.63, 3.8) is 0 Å². The van der Waals surface area contributed by atoms with Gasteiger partial charge in [0, 0.05) is 42.4 Å². The Balaban J connectivity index is 1.62. The van der Waals surface area contributed by atoms with Crippen LogP contribution in [-0.4, -0.2) is 36.5 Å². The first kappa shape index (κ1) is 19.4. The van der Waals surface area contributed by atoms with Gasteiger partial charge in [-0.05, 0) is 32.4 Å². The van der Waals surface area contributed by atoms with Crippen LogP contribution in [0, 0.1) is 13.8 Å². The van der Waals surface area contributed by atoms with Crippen LogP contribution in [0.15, 0.2) is 29.3 Å². The van der Waals surface area contributed by atoms with Crippen LogP contribution in [-0.2, 0) is 11.2 Å². The molecule has 1 aliphatic rings. The predicted octanol–water partition coefficient (Wildman–Crippen LogP) is 2.98. The minimum atomic E-state index is 0.0582. The average Bonchev–Trinajstić information content (AvgIpc) is 2.96. The molecule has 2 heterocycles. The largest absolute Gasteiger partial charge is 0.357 e. The van der Waals surface area contributed by atoms with Crippen molar-refractivity contribution in [3.8, 4) is 0 Å². The van der Waals surface area contributed by atoms with Crippen molar-refractivity contribution in [1.82, 2.24) is 15.6 Å². The number of thiazole rings is 1. The van der Waals surface area contributed by atoms with Crippen LogP contribution in [0.5, 0.6) is 0 Å². The molecule has 0 spiro atoms. The number of nitrogens with zero attached hydrogens (tertiary/aromatic N) is 2. The summed E-state index contributed by atoms with van der Waals surface area (Å²) in [6.07, 6.45) is 1.40. The second kappa shape index (κ2) is 8.99. The van der Waals surface area contributed by atoms with Crippen molar-refractivity contribution >= 4 is 28.9 Å². The monoisotopic (exact) mass is 385 g/mol. The highest BCUT2D eigenvalue weighted by Gasteiger charge is 2.24. The Hall–Kier alpha value is -2.41. The Morgan fingerprint density at radius 3 is 2.89 bits per heavy atom. The Bertz CT molecular complexity index is 830. The molecule has 144 valence electrons. The highest BCUT2D eigenvalue weighted by Crippen LogP contribution is 2.31. The van der Waals surface area contributed by atoms with Crippen LogP contribution in [0.2, 0.25) is 0 Å². The predicted molar refractivity (Wildman–Crippen MR) is 112 cm³/mol. The van der Waals surface area contributed by atoms with E-state index in [1.165, 1.54) is 4.88 Å². The van der Waals surface area contributed by atoms with Gasteiger partial charge >= 0.3 is 0 Å². The van der Waals surface area contributed by atoms with E-state index < -0.39 is 0 Å². The first-order valence-electron chi connectivity index (χ1n) is 9.40. The van der Waals surface area contributed by atoms with Crippen molar-refractivity contribution in [3.05, 3.63) is 45.4 Å². The van der Waals surface area contributed by atoms with Gasteiger partial charge in [0.2, 0.25) is 5.91 Å². The van der Waals surface area contributed by atoms with E-state index in [1.807, 2.05) is 25.1 Å². The number of carbonyl (C=O) groups excluding carboxylic acids is 1. The number of aromatic nitrogens is 1. The summed E-state index contributed by atoms with van der Waals surface area (Å²) in [4.78, 5) is 22.5. The number of rotatable bonds is 6. The highest BCUT2D eigenvalue weighted by molar-refractivity contribution is 7.11. The van der Waals surface area contributed by atoms with Gasteiger partial charge in [0.05, 0.1) is 17.2 Å². The van der Waals surface area contributed by atoms with Gasteiger partial charge in [0.15, 0.2) is 5.96 Å². The highest BCUT2D eigenvalue weighted by atomic mass is 32.1. The van der Waals surface area contributed by atoms with Gasteiger partial charge in [0.1, 0.15) is 0 Å². The van der Waals surface area contributed by atoms with E-state index in [9.17, 15) is 4.79 Å². The van der Waals surface area contributed by atoms with Crippen LogP contribution >= 0.6 is 11.3 Å². The molecule has 1 aliphatic heterocycles. The molecule has 27 heavy (non-hydrogen) atoms. The third-order valence-electron chi connectivity index (χ3n) is 4.56. The number of aliphatic imine (C=N–C) groups is 1. The standard InChI is InChI=1S/C20H27N5OS/c1-4-21-20(22-10-9-18-13(2)24-14(3)27-18)23-12-15-11-19(26)25-17-8-6-5-7-16(15)17/h5-8,15H,4,9-12H2,1-3H3,(H,25,26)(H2,21,22,23). The first-order valence-corrected chi connectivity index (χ1v) is 10.2. The molecule has 0 aliphatic carbocycles. The van der Waals surface area contributed by atoms with Crippen molar-refractivity contribution in [2.45, 2.75) is 39.5 Å². The minimum Gasteiger partial charge on any atom is -0.357 e. The molecular weight excluding hydrogens is 358 g/mol. The topological polar surface area (TPSA) is 78.4 Å². The number of aryl methyl sites for hydroxylation is 2. The summed E-state index contributed by atoms with van der Waals surface area (Å²) < 4.78 is 0. The number of fused-ring (bicyclic) bond motifs is 1. The SMILES string of the molecule is CCNC(=NCC1CC(=O)Nc2ccccc21)NCCc1sc(C)nc1C. The molecule has 1 unspecified atom stereocenters. The summed E-state index contributed by atoms with van der Waals surface area (Å²) >= 11 is 1.75. The lowest BCUT2D eigenvalue weighted by Gasteiger charge is -2.24. The summed E-state index contributed by atoms with van der Waals surface area (Å²) in [5.41, 5.74) is 3.18. The van der Waals surface area contributed by atoms with Crippen molar-refractivity contribution < 1.29 is 4.79 Å². The fourth-order valence-corrected chi connectivity index (χ4v) is 4.24. The second-order valence-corrected chi connectivity index (χ2v) is 7.96. The number of guanidine groups is 1. The third kappa shape index (κ3) is 5.07. The van der Waals surface area contributed by atoms with Gasteiger partial charge in [0.25, 0.3) is 0 Å². The number of anilines is 1.